The third-order valence-corrected chi connectivity index (χ3v) is 4.13. The molecule has 0 aliphatic carbocycles. The van der Waals surface area contributed by atoms with Crippen molar-refractivity contribution in [3.8, 4) is 0 Å². The zero-order valence-corrected chi connectivity index (χ0v) is 13.1. The highest BCUT2D eigenvalue weighted by atomic mass is 35.5. The number of aryl methyl sites for hydroxylation is 1. The Morgan fingerprint density at radius 3 is 2.82 bits per heavy atom. The van der Waals surface area contributed by atoms with E-state index in [2.05, 4.69) is 20.3 Å². The predicted molar refractivity (Wildman–Crippen MR) is 85.2 cm³/mol. The minimum atomic E-state index is -0.0672. The van der Waals surface area contributed by atoms with Gasteiger partial charge in [0.05, 0.1) is 16.8 Å². The average molecular weight is 320 g/mol. The molecule has 1 amide bonds. The first-order valence-corrected chi connectivity index (χ1v) is 7.66. The maximum absolute atomic E-state index is 12.1. The van der Waals surface area contributed by atoms with Crippen LogP contribution in [0.25, 0.3) is 0 Å². The number of amides is 1. The molecule has 3 rings (SSSR count). The lowest BCUT2D eigenvalue weighted by Gasteiger charge is -2.33. The van der Waals surface area contributed by atoms with Gasteiger partial charge in [0.1, 0.15) is 5.82 Å². The number of carbonyl (C=O) groups excluding carboxylic acids is 1. The Labute approximate surface area is 134 Å². The van der Waals surface area contributed by atoms with E-state index < -0.39 is 0 Å². The van der Waals surface area contributed by atoms with E-state index in [1.54, 1.807) is 30.3 Å². The standard InChI is InChI=1S/C15H18ClN5O/c1-20-10-11(9-18-20)15(22)19-12-4-7-21(8-5-12)14-13(16)3-2-6-17-14/h2-3,6,9-10,12H,4-5,7-8H2,1H3,(H,19,22). The summed E-state index contributed by atoms with van der Waals surface area (Å²) in [5, 5.41) is 7.75. The van der Waals surface area contributed by atoms with E-state index in [0.717, 1.165) is 31.7 Å². The van der Waals surface area contributed by atoms with Crippen LogP contribution >= 0.6 is 11.6 Å². The van der Waals surface area contributed by atoms with E-state index in [-0.39, 0.29) is 11.9 Å². The van der Waals surface area contributed by atoms with Crippen LogP contribution in [0.15, 0.2) is 30.7 Å². The highest BCUT2D eigenvalue weighted by Crippen LogP contribution is 2.25. The molecule has 1 aliphatic rings. The quantitative estimate of drug-likeness (QED) is 0.938. The van der Waals surface area contributed by atoms with Crippen molar-refractivity contribution in [1.29, 1.82) is 0 Å². The van der Waals surface area contributed by atoms with Crippen LogP contribution in [0.1, 0.15) is 23.2 Å². The molecule has 0 atom stereocenters. The van der Waals surface area contributed by atoms with Gasteiger partial charge in [0, 0.05) is 38.6 Å². The Kier molecular flexibility index (Phi) is 4.29. The van der Waals surface area contributed by atoms with Crippen molar-refractivity contribution in [3.63, 3.8) is 0 Å². The first-order chi connectivity index (χ1) is 10.6. The van der Waals surface area contributed by atoms with Gasteiger partial charge in [-0.25, -0.2) is 4.98 Å². The fourth-order valence-corrected chi connectivity index (χ4v) is 2.89. The summed E-state index contributed by atoms with van der Waals surface area (Å²) in [6.45, 7) is 1.66. The molecule has 0 saturated carbocycles. The third-order valence-electron chi connectivity index (χ3n) is 3.84. The molecule has 116 valence electrons. The minimum Gasteiger partial charge on any atom is -0.355 e. The van der Waals surface area contributed by atoms with Crippen LogP contribution in [0.3, 0.4) is 0 Å². The fourth-order valence-electron chi connectivity index (χ4n) is 2.65. The molecule has 3 heterocycles. The monoisotopic (exact) mass is 319 g/mol. The number of pyridine rings is 1. The molecule has 2 aromatic heterocycles. The van der Waals surface area contributed by atoms with Gasteiger partial charge >= 0.3 is 0 Å². The van der Waals surface area contributed by atoms with Crippen molar-refractivity contribution in [2.75, 3.05) is 18.0 Å². The molecule has 0 bridgehead atoms. The van der Waals surface area contributed by atoms with Crippen molar-refractivity contribution in [1.82, 2.24) is 20.1 Å². The lowest BCUT2D eigenvalue weighted by atomic mass is 10.0. The summed E-state index contributed by atoms with van der Waals surface area (Å²) < 4.78 is 1.63. The summed E-state index contributed by atoms with van der Waals surface area (Å²) in [5.41, 5.74) is 0.595. The van der Waals surface area contributed by atoms with Crippen molar-refractivity contribution >= 4 is 23.3 Å². The number of aromatic nitrogens is 3. The van der Waals surface area contributed by atoms with Gasteiger partial charge in [0.2, 0.25) is 0 Å². The van der Waals surface area contributed by atoms with E-state index in [1.165, 1.54) is 0 Å². The Morgan fingerprint density at radius 2 is 2.18 bits per heavy atom. The largest absolute Gasteiger partial charge is 0.355 e. The molecule has 1 N–H and O–H groups in total. The maximum atomic E-state index is 12.1. The molecule has 6 nitrogen and oxygen atoms in total. The van der Waals surface area contributed by atoms with Gasteiger partial charge in [0.15, 0.2) is 0 Å². The fraction of sp³-hybridized carbons (Fsp3) is 0.400. The number of hydrogen-bond acceptors (Lipinski definition) is 4. The van der Waals surface area contributed by atoms with Gasteiger partial charge in [-0.3, -0.25) is 9.48 Å². The zero-order chi connectivity index (χ0) is 15.5. The Morgan fingerprint density at radius 1 is 1.41 bits per heavy atom. The summed E-state index contributed by atoms with van der Waals surface area (Å²) >= 11 is 6.18. The lowest BCUT2D eigenvalue weighted by molar-refractivity contribution is 0.0931. The summed E-state index contributed by atoms with van der Waals surface area (Å²) in [4.78, 5) is 18.6. The molecule has 22 heavy (non-hydrogen) atoms. The van der Waals surface area contributed by atoms with Gasteiger partial charge in [-0.15, -0.1) is 0 Å². The van der Waals surface area contributed by atoms with Crippen LogP contribution < -0.4 is 10.2 Å². The molecule has 0 radical (unpaired) electrons. The highest BCUT2D eigenvalue weighted by Gasteiger charge is 2.23. The number of carbonyl (C=O) groups is 1. The number of nitrogens with zero attached hydrogens (tertiary/aromatic N) is 4. The van der Waals surface area contributed by atoms with Crippen LogP contribution in [0.5, 0.6) is 0 Å². The number of anilines is 1. The van der Waals surface area contributed by atoms with Crippen LogP contribution in [0.4, 0.5) is 5.82 Å². The summed E-state index contributed by atoms with van der Waals surface area (Å²) in [6, 6.07) is 3.85. The second-order valence-electron chi connectivity index (χ2n) is 5.45. The maximum Gasteiger partial charge on any atom is 0.254 e. The normalized spacial score (nSPS) is 15.8. The lowest BCUT2D eigenvalue weighted by Crippen LogP contribution is -2.45. The Hall–Kier alpha value is -2.08. The highest BCUT2D eigenvalue weighted by molar-refractivity contribution is 6.32. The molecule has 1 saturated heterocycles. The topological polar surface area (TPSA) is 63.1 Å². The first kappa shape index (κ1) is 14.8. The second-order valence-corrected chi connectivity index (χ2v) is 5.85. The molecular weight excluding hydrogens is 302 g/mol. The molecule has 0 spiro atoms. The molecule has 0 aromatic carbocycles. The molecule has 1 fully saturated rings. The number of rotatable bonds is 3. The van der Waals surface area contributed by atoms with Gasteiger partial charge in [-0.05, 0) is 25.0 Å². The summed E-state index contributed by atoms with van der Waals surface area (Å²) in [5.74, 6) is 0.753. The predicted octanol–water partition coefficient (Wildman–Crippen LogP) is 1.87. The van der Waals surface area contributed by atoms with Crippen LogP contribution in [-0.4, -0.2) is 39.8 Å². The van der Waals surface area contributed by atoms with Crippen LogP contribution in [0.2, 0.25) is 5.02 Å². The van der Waals surface area contributed by atoms with Crippen LogP contribution in [0, 0.1) is 0 Å². The van der Waals surface area contributed by atoms with E-state index in [9.17, 15) is 4.79 Å². The Balaban J connectivity index is 1.56. The van der Waals surface area contributed by atoms with E-state index in [4.69, 9.17) is 11.6 Å². The molecule has 7 heteroatoms. The van der Waals surface area contributed by atoms with E-state index in [0.29, 0.717) is 10.6 Å². The number of hydrogen-bond donors (Lipinski definition) is 1. The molecule has 0 unspecified atom stereocenters. The van der Waals surface area contributed by atoms with Gasteiger partial charge < -0.3 is 10.2 Å². The van der Waals surface area contributed by atoms with Gasteiger partial charge in [-0.1, -0.05) is 11.6 Å². The molecule has 1 aliphatic heterocycles. The zero-order valence-electron chi connectivity index (χ0n) is 12.4. The average Bonchev–Trinajstić information content (AvgIpc) is 2.95. The summed E-state index contributed by atoms with van der Waals surface area (Å²) in [6.07, 6.45) is 6.80. The number of nitrogens with one attached hydrogen (secondary N) is 1. The minimum absolute atomic E-state index is 0.0672. The third kappa shape index (κ3) is 3.22. The van der Waals surface area contributed by atoms with Crippen molar-refractivity contribution in [2.24, 2.45) is 7.05 Å². The van der Waals surface area contributed by atoms with Crippen molar-refractivity contribution in [3.05, 3.63) is 41.3 Å². The molecular formula is C15H18ClN5O. The van der Waals surface area contributed by atoms with Crippen LogP contribution in [-0.2, 0) is 7.05 Å². The summed E-state index contributed by atoms with van der Waals surface area (Å²) in [7, 11) is 1.80. The smallest absolute Gasteiger partial charge is 0.254 e. The van der Waals surface area contributed by atoms with Gasteiger partial charge in [0.25, 0.3) is 5.91 Å². The van der Waals surface area contributed by atoms with Gasteiger partial charge in [-0.2, -0.15) is 5.10 Å². The van der Waals surface area contributed by atoms with Crippen molar-refractivity contribution in [2.45, 2.75) is 18.9 Å². The Bertz CT molecular complexity index is 663. The number of halogens is 1. The van der Waals surface area contributed by atoms with Crippen molar-refractivity contribution < 1.29 is 4.79 Å². The second kappa shape index (κ2) is 6.36. The first-order valence-electron chi connectivity index (χ1n) is 7.28. The van der Waals surface area contributed by atoms with E-state index >= 15 is 0 Å². The molecule has 2 aromatic rings. The van der Waals surface area contributed by atoms with E-state index in [1.807, 2.05) is 12.1 Å². The number of piperidine rings is 1. The SMILES string of the molecule is Cn1cc(C(=O)NC2CCN(c3ncccc3Cl)CC2)cn1.